The highest BCUT2D eigenvalue weighted by molar-refractivity contribution is 5.83. The molecule has 1 aromatic heterocycles. The lowest BCUT2D eigenvalue weighted by atomic mass is 9.62. The van der Waals surface area contributed by atoms with Crippen LogP contribution >= 0.6 is 0 Å². The normalized spacial score (nSPS) is 21.1. The maximum Gasteiger partial charge on any atom is 0.352 e. The molecule has 1 aromatic carbocycles. The molecule has 7 heteroatoms. The zero-order valence-electron chi connectivity index (χ0n) is 16.0. The van der Waals surface area contributed by atoms with Crippen molar-refractivity contribution in [3.8, 4) is 0 Å². The van der Waals surface area contributed by atoms with Crippen molar-refractivity contribution in [3.63, 3.8) is 0 Å². The predicted octanol–water partition coefficient (Wildman–Crippen LogP) is 4.75. The highest BCUT2D eigenvalue weighted by Crippen LogP contribution is 2.49. The van der Waals surface area contributed by atoms with Gasteiger partial charge in [0, 0.05) is 31.8 Å². The van der Waals surface area contributed by atoms with E-state index < -0.39 is 23.2 Å². The number of carbonyl (C=O) groups excluding carboxylic acids is 1. The largest absolute Gasteiger partial charge is 0.352 e. The minimum Gasteiger partial charge on any atom is -0.335 e. The second kappa shape index (κ2) is 8.39. The first-order valence-electron chi connectivity index (χ1n) is 9.66. The van der Waals surface area contributed by atoms with Gasteiger partial charge in [0.1, 0.15) is 5.82 Å². The average molecular weight is 392 g/mol. The van der Waals surface area contributed by atoms with Crippen LogP contribution in [0, 0.1) is 12.8 Å². The number of alkyl halides is 2. The molecule has 1 heterocycles. The molecule has 0 aliphatic heterocycles. The molecule has 5 nitrogen and oxygen atoms in total. The molecule has 2 atom stereocenters. The Hall–Kier alpha value is -2.28. The number of imidazole rings is 1. The van der Waals surface area contributed by atoms with Gasteiger partial charge in [-0.05, 0) is 44.1 Å². The zero-order valence-corrected chi connectivity index (χ0v) is 16.0. The summed E-state index contributed by atoms with van der Waals surface area (Å²) in [6, 6.07) is 8.87. The quantitative estimate of drug-likeness (QED) is 0.545. The fourth-order valence-electron chi connectivity index (χ4n) is 4.55. The summed E-state index contributed by atoms with van der Waals surface area (Å²) in [5.41, 5.74) is -0.701. The van der Waals surface area contributed by atoms with Gasteiger partial charge in [-0.2, -0.15) is 5.26 Å². The first-order valence-corrected chi connectivity index (χ1v) is 9.66. The van der Waals surface area contributed by atoms with E-state index in [9.17, 15) is 18.8 Å². The average Bonchev–Trinajstić information content (AvgIpc) is 3.09. The summed E-state index contributed by atoms with van der Waals surface area (Å²) in [7, 11) is 0. The zero-order chi connectivity index (χ0) is 20.2. The van der Waals surface area contributed by atoms with Crippen LogP contribution < -0.4 is 0 Å². The van der Waals surface area contributed by atoms with Crippen LogP contribution in [0.4, 0.5) is 8.78 Å². The van der Waals surface area contributed by atoms with Crippen molar-refractivity contribution >= 4 is 5.97 Å². The third-order valence-corrected chi connectivity index (χ3v) is 5.97. The number of carbonyl (C=O) groups is 1. The molecule has 28 heavy (non-hydrogen) atoms. The van der Waals surface area contributed by atoms with Crippen molar-refractivity contribution in [1.29, 1.82) is 0 Å². The molecule has 0 spiro atoms. The van der Waals surface area contributed by atoms with Gasteiger partial charge in [0.15, 0.2) is 0 Å². The molecule has 0 amide bonds. The third kappa shape index (κ3) is 4.09. The van der Waals surface area contributed by atoms with Crippen LogP contribution in [0.15, 0.2) is 42.7 Å². The Morgan fingerprint density at radius 1 is 1.39 bits per heavy atom. The Bertz CT molecular complexity index is 794. The van der Waals surface area contributed by atoms with Gasteiger partial charge in [-0.25, -0.2) is 18.6 Å². The van der Waals surface area contributed by atoms with Gasteiger partial charge in [0.25, 0.3) is 0 Å². The summed E-state index contributed by atoms with van der Waals surface area (Å²) in [6.07, 6.45) is 4.67. The van der Waals surface area contributed by atoms with E-state index in [1.165, 1.54) is 0 Å². The number of hydrogen-bond acceptors (Lipinski definition) is 4. The third-order valence-electron chi connectivity index (χ3n) is 5.97. The number of benzene rings is 1. The van der Waals surface area contributed by atoms with Gasteiger partial charge in [-0.15, -0.1) is 0 Å². The molecular formula is C21H26F2N2O3. The summed E-state index contributed by atoms with van der Waals surface area (Å²) in [4.78, 5) is 21.2. The Balaban J connectivity index is 1.95. The second-order valence-corrected chi connectivity index (χ2v) is 7.64. The summed E-state index contributed by atoms with van der Waals surface area (Å²) in [5, 5.41) is 9.27. The van der Waals surface area contributed by atoms with Crippen LogP contribution in [0.3, 0.4) is 0 Å². The summed E-state index contributed by atoms with van der Waals surface area (Å²) >= 11 is 0. The number of nitrogens with zero attached hydrogens (tertiary/aromatic N) is 2. The lowest BCUT2D eigenvalue weighted by molar-refractivity contribution is -0.245. The van der Waals surface area contributed by atoms with Crippen LogP contribution in [0.1, 0.15) is 49.9 Å². The highest BCUT2D eigenvalue weighted by Gasteiger charge is 2.53. The molecule has 3 rings (SSSR count). The van der Waals surface area contributed by atoms with Gasteiger partial charge in [-0.3, -0.25) is 0 Å². The number of aryl methyl sites for hydroxylation is 2. The molecule has 1 N–H and O–H groups in total. The van der Waals surface area contributed by atoms with Crippen LogP contribution in [-0.2, 0) is 21.6 Å². The molecule has 0 bridgehead atoms. The molecular weight excluding hydrogens is 366 g/mol. The number of aromatic nitrogens is 2. The van der Waals surface area contributed by atoms with E-state index in [4.69, 9.17) is 0 Å². The molecule has 1 aliphatic rings. The van der Waals surface area contributed by atoms with Crippen molar-refractivity contribution in [2.24, 2.45) is 5.92 Å². The Kier molecular flexibility index (Phi) is 6.13. The lowest BCUT2D eigenvalue weighted by Gasteiger charge is -2.42. The molecule has 152 valence electrons. The monoisotopic (exact) mass is 392 g/mol. The number of halogens is 2. The molecule has 0 saturated heterocycles. The van der Waals surface area contributed by atoms with Crippen LogP contribution in [0.25, 0.3) is 0 Å². The minimum absolute atomic E-state index is 0.170. The minimum atomic E-state index is -2.82. The number of rotatable bonds is 7. The van der Waals surface area contributed by atoms with Crippen molar-refractivity contribution in [2.75, 3.05) is 0 Å². The van der Waals surface area contributed by atoms with Gasteiger partial charge >= 0.3 is 5.97 Å². The molecule has 1 aliphatic carbocycles. The van der Waals surface area contributed by atoms with Crippen LogP contribution in [0.2, 0.25) is 0 Å². The van der Waals surface area contributed by atoms with E-state index in [1.807, 2.05) is 23.8 Å². The van der Waals surface area contributed by atoms with E-state index in [0.717, 1.165) is 5.82 Å². The van der Waals surface area contributed by atoms with Crippen molar-refractivity contribution in [2.45, 2.75) is 63.3 Å². The molecule has 1 saturated carbocycles. The summed E-state index contributed by atoms with van der Waals surface area (Å²) in [5.74, 6) is -3.44. The van der Waals surface area contributed by atoms with Crippen molar-refractivity contribution < 1.29 is 23.7 Å². The topological polar surface area (TPSA) is 64.4 Å². The fourth-order valence-corrected chi connectivity index (χ4v) is 4.55. The maximum absolute atomic E-state index is 14.2. The maximum atomic E-state index is 14.2. The number of hydrogen-bond donors (Lipinski definition) is 1. The van der Waals surface area contributed by atoms with E-state index in [1.54, 1.807) is 30.5 Å². The smallest absolute Gasteiger partial charge is 0.335 e. The van der Waals surface area contributed by atoms with E-state index in [0.29, 0.717) is 37.8 Å². The van der Waals surface area contributed by atoms with Crippen LogP contribution in [0.5, 0.6) is 0 Å². The first kappa shape index (κ1) is 20.5. The standard InChI is InChI=1S/C21H26F2N2O3/c1-16-24-12-14-25(16)13-6-11-21(19(26)28-27,17-7-3-2-4-8-17)18-9-5-10-20(22,23)15-18/h2-4,7-8,12,14,18,27H,5-6,9-11,13,15H2,1H3/t18-,21-/m0/s1. The fraction of sp³-hybridized carbons (Fsp3) is 0.524. The SMILES string of the molecule is Cc1nccn1CCC[C@](C(=O)OO)(c1ccccc1)[C@H]1CCCC(F)(F)C1. The Labute approximate surface area is 163 Å². The Morgan fingerprint density at radius 3 is 2.75 bits per heavy atom. The van der Waals surface area contributed by atoms with E-state index >= 15 is 0 Å². The molecule has 0 radical (unpaired) electrons. The van der Waals surface area contributed by atoms with Crippen LogP contribution in [-0.4, -0.2) is 26.7 Å². The highest BCUT2D eigenvalue weighted by atomic mass is 19.3. The van der Waals surface area contributed by atoms with E-state index in [2.05, 4.69) is 9.87 Å². The summed E-state index contributed by atoms with van der Waals surface area (Å²) < 4.78 is 30.4. The van der Waals surface area contributed by atoms with Gasteiger partial charge in [0.05, 0.1) is 5.41 Å². The van der Waals surface area contributed by atoms with Gasteiger partial charge in [-0.1, -0.05) is 30.3 Å². The molecule has 2 aromatic rings. The summed E-state index contributed by atoms with van der Waals surface area (Å²) in [6.45, 7) is 2.48. The van der Waals surface area contributed by atoms with Gasteiger partial charge in [0.2, 0.25) is 5.92 Å². The second-order valence-electron chi connectivity index (χ2n) is 7.64. The predicted molar refractivity (Wildman–Crippen MR) is 99.9 cm³/mol. The van der Waals surface area contributed by atoms with Crippen molar-refractivity contribution in [3.05, 3.63) is 54.1 Å². The van der Waals surface area contributed by atoms with E-state index in [-0.39, 0.29) is 12.8 Å². The molecule has 1 fully saturated rings. The first-order chi connectivity index (χ1) is 13.4. The van der Waals surface area contributed by atoms with Gasteiger partial charge < -0.3 is 9.45 Å². The lowest BCUT2D eigenvalue weighted by Crippen LogP contribution is -2.48. The molecule has 0 unspecified atom stereocenters. The van der Waals surface area contributed by atoms with Crippen molar-refractivity contribution in [1.82, 2.24) is 9.55 Å². The Morgan fingerprint density at radius 2 is 2.14 bits per heavy atom.